The summed E-state index contributed by atoms with van der Waals surface area (Å²) in [6.07, 6.45) is 0. The van der Waals surface area contributed by atoms with Gasteiger partial charge >= 0.3 is 0 Å². The van der Waals surface area contributed by atoms with E-state index in [1.807, 2.05) is 54.4 Å². The number of fused-ring (bicyclic) bond motifs is 2. The number of para-hydroxylation sites is 1. The lowest BCUT2D eigenvalue weighted by Gasteiger charge is -2.37. The number of H-pyrrole nitrogens is 1. The highest BCUT2D eigenvalue weighted by molar-refractivity contribution is 6.30. The number of nitrogens with zero attached hydrogens (tertiary/aromatic N) is 1. The third-order valence-electron chi connectivity index (χ3n) is 8.55. The van der Waals surface area contributed by atoms with Crippen molar-refractivity contribution in [1.29, 1.82) is 0 Å². The Morgan fingerprint density at radius 2 is 1.69 bits per heavy atom. The van der Waals surface area contributed by atoms with Crippen molar-refractivity contribution in [3.05, 3.63) is 123 Å². The predicted octanol–water partition coefficient (Wildman–Crippen LogP) is 5.66. The highest BCUT2D eigenvalue weighted by Crippen LogP contribution is 2.57. The number of aromatic hydroxyl groups is 1. The van der Waals surface area contributed by atoms with Crippen molar-refractivity contribution in [3.63, 3.8) is 0 Å². The van der Waals surface area contributed by atoms with Crippen molar-refractivity contribution in [2.75, 3.05) is 13.6 Å². The van der Waals surface area contributed by atoms with Crippen LogP contribution in [0.2, 0.25) is 5.02 Å². The molecule has 1 aliphatic carbocycles. The fraction of sp³-hybridized carbons (Fsp3) is 0.156. The number of likely N-dealkylation sites (tertiary alicyclic amines) is 1. The van der Waals surface area contributed by atoms with Crippen molar-refractivity contribution in [2.45, 2.75) is 11.5 Å². The molecular formula is C32H23ClN2O4. The van der Waals surface area contributed by atoms with Gasteiger partial charge in [0.15, 0.2) is 11.6 Å². The van der Waals surface area contributed by atoms with E-state index in [1.54, 1.807) is 42.5 Å². The first-order valence-electron chi connectivity index (χ1n) is 12.8. The van der Waals surface area contributed by atoms with Gasteiger partial charge in [-0.3, -0.25) is 19.3 Å². The number of halogens is 1. The molecule has 3 atom stereocenters. The highest BCUT2D eigenvalue weighted by Gasteiger charge is 2.64. The normalized spacial score (nSPS) is 22.4. The molecule has 1 saturated heterocycles. The summed E-state index contributed by atoms with van der Waals surface area (Å²) in [6, 6.07) is 25.4. The molecule has 0 unspecified atom stereocenters. The summed E-state index contributed by atoms with van der Waals surface area (Å²) in [6.45, 7) is 0.389. The first-order valence-corrected chi connectivity index (χ1v) is 13.1. The molecule has 1 fully saturated rings. The Labute approximate surface area is 228 Å². The molecule has 0 amide bonds. The molecular weight excluding hydrogens is 512 g/mol. The zero-order valence-electron chi connectivity index (χ0n) is 20.9. The van der Waals surface area contributed by atoms with Crippen LogP contribution in [0.3, 0.4) is 0 Å². The fourth-order valence-corrected chi connectivity index (χ4v) is 7.05. The molecule has 7 heteroatoms. The molecule has 2 aliphatic rings. The fourth-order valence-electron chi connectivity index (χ4n) is 6.93. The first-order chi connectivity index (χ1) is 18.8. The molecule has 0 bridgehead atoms. The maximum atomic E-state index is 14.7. The number of Topliss-reactive ketones (excluding diaryl/α,β-unsaturated/α-hetero) is 2. The third-order valence-corrected chi connectivity index (χ3v) is 8.80. The van der Waals surface area contributed by atoms with Crippen LogP contribution >= 0.6 is 11.6 Å². The summed E-state index contributed by atoms with van der Waals surface area (Å²) < 4.78 is 0. The van der Waals surface area contributed by atoms with E-state index in [9.17, 15) is 19.5 Å². The number of carbonyl (C=O) groups is 2. The van der Waals surface area contributed by atoms with Gasteiger partial charge < -0.3 is 10.1 Å². The van der Waals surface area contributed by atoms with Crippen molar-refractivity contribution in [3.8, 4) is 5.75 Å². The molecule has 2 heterocycles. The molecule has 0 saturated carbocycles. The number of carbonyl (C=O) groups excluding carboxylic acids is 2. The second-order valence-electron chi connectivity index (χ2n) is 10.4. The van der Waals surface area contributed by atoms with Crippen molar-refractivity contribution in [2.24, 2.45) is 5.92 Å². The van der Waals surface area contributed by atoms with Crippen molar-refractivity contribution >= 4 is 44.8 Å². The van der Waals surface area contributed by atoms with E-state index in [1.165, 1.54) is 0 Å². The quantitative estimate of drug-likeness (QED) is 0.291. The number of pyridine rings is 1. The lowest BCUT2D eigenvalue weighted by molar-refractivity contribution is 0.0571. The highest BCUT2D eigenvalue weighted by atomic mass is 35.5. The lowest BCUT2D eigenvalue weighted by Crippen LogP contribution is -2.50. The summed E-state index contributed by atoms with van der Waals surface area (Å²) in [7, 11) is 1.85. The largest absolute Gasteiger partial charge is 0.506 e. The van der Waals surface area contributed by atoms with E-state index in [2.05, 4.69) is 4.98 Å². The molecule has 7 rings (SSSR count). The van der Waals surface area contributed by atoms with Crippen LogP contribution in [-0.4, -0.2) is 40.1 Å². The number of likely N-dealkylation sites (N-methyl/N-ethyl adjacent to an activating group) is 1. The minimum absolute atomic E-state index is 0.177. The van der Waals surface area contributed by atoms with E-state index in [-0.39, 0.29) is 17.1 Å². The standard InChI is InChI=1S/C32H23ClN2O4/c1-35-16-22(17-12-14-19(33)15-13-17)27(29(37)26-28(36)20-8-2-3-11-24(20)34-31(26)39)32(35)23-10-5-7-18-6-4-9-21(25(18)23)30(32)38/h2-15,22,27H,16H2,1H3,(H2,34,36,39)/t22-,27+,32-/m0/s1. The van der Waals surface area contributed by atoms with Gasteiger partial charge in [-0.25, -0.2) is 0 Å². The summed E-state index contributed by atoms with van der Waals surface area (Å²) >= 11 is 6.19. The first kappa shape index (κ1) is 23.8. The van der Waals surface area contributed by atoms with Gasteiger partial charge in [0, 0.05) is 28.4 Å². The number of aromatic nitrogens is 1. The summed E-state index contributed by atoms with van der Waals surface area (Å²) in [5.41, 5.74) is 0.193. The van der Waals surface area contributed by atoms with E-state index in [0.29, 0.717) is 28.0 Å². The average Bonchev–Trinajstić information content (AvgIpc) is 3.38. The van der Waals surface area contributed by atoms with Crippen LogP contribution in [0.5, 0.6) is 5.75 Å². The van der Waals surface area contributed by atoms with Gasteiger partial charge in [-0.2, -0.15) is 0 Å². The van der Waals surface area contributed by atoms with Crippen molar-refractivity contribution in [1.82, 2.24) is 9.88 Å². The van der Waals surface area contributed by atoms with Gasteiger partial charge in [-0.1, -0.05) is 72.3 Å². The Hall–Kier alpha value is -4.26. The van der Waals surface area contributed by atoms with Crippen LogP contribution in [0.15, 0.2) is 89.7 Å². The van der Waals surface area contributed by atoms with Crippen LogP contribution < -0.4 is 5.56 Å². The smallest absolute Gasteiger partial charge is 0.263 e. The van der Waals surface area contributed by atoms with Crippen LogP contribution in [0.1, 0.15) is 37.8 Å². The second-order valence-corrected chi connectivity index (χ2v) is 10.8. The van der Waals surface area contributed by atoms with E-state index in [0.717, 1.165) is 21.9 Å². The monoisotopic (exact) mass is 534 g/mol. The van der Waals surface area contributed by atoms with Crippen LogP contribution in [0.4, 0.5) is 0 Å². The zero-order chi connectivity index (χ0) is 27.1. The Bertz CT molecular complexity index is 1910. The Balaban J connectivity index is 1.53. The minimum Gasteiger partial charge on any atom is -0.506 e. The third kappa shape index (κ3) is 3.10. The van der Waals surface area contributed by atoms with Crippen LogP contribution in [0, 0.1) is 5.92 Å². The van der Waals surface area contributed by atoms with Gasteiger partial charge in [0.1, 0.15) is 16.9 Å². The van der Waals surface area contributed by atoms with E-state index < -0.39 is 28.7 Å². The van der Waals surface area contributed by atoms with Gasteiger partial charge in [0.2, 0.25) is 0 Å². The van der Waals surface area contributed by atoms with Crippen molar-refractivity contribution < 1.29 is 14.7 Å². The summed E-state index contributed by atoms with van der Waals surface area (Å²) in [5, 5.41) is 13.9. The molecule has 39 heavy (non-hydrogen) atoms. The molecule has 192 valence electrons. The van der Waals surface area contributed by atoms with Gasteiger partial charge in [-0.15, -0.1) is 0 Å². The summed E-state index contributed by atoms with van der Waals surface area (Å²) in [4.78, 5) is 47.3. The molecule has 5 aromatic rings. The van der Waals surface area contributed by atoms with E-state index in [4.69, 9.17) is 11.6 Å². The number of rotatable bonds is 3. The van der Waals surface area contributed by atoms with E-state index >= 15 is 0 Å². The molecule has 0 radical (unpaired) electrons. The Morgan fingerprint density at radius 1 is 0.974 bits per heavy atom. The molecule has 2 N–H and O–H groups in total. The van der Waals surface area contributed by atoms with Gasteiger partial charge in [0.05, 0.1) is 11.4 Å². The number of aromatic amines is 1. The number of nitrogens with one attached hydrogen (secondary N) is 1. The number of hydrogen-bond donors (Lipinski definition) is 2. The SMILES string of the molecule is CN1C[C@@H](c2ccc(Cl)cc2)[C@H](C(=O)c2c(O)c3ccccc3[nH]c2=O)[C@@]12C(=O)c1cccc3cccc2c13. The molecule has 1 aliphatic heterocycles. The molecule has 6 nitrogen and oxygen atoms in total. The number of benzene rings is 4. The molecule has 1 spiro atoms. The minimum atomic E-state index is -1.35. The lowest BCUT2D eigenvalue weighted by atomic mass is 9.69. The number of ketones is 2. The summed E-state index contributed by atoms with van der Waals surface area (Å²) in [5.74, 6) is -2.55. The maximum Gasteiger partial charge on any atom is 0.263 e. The van der Waals surface area contributed by atoms with Gasteiger partial charge in [0.25, 0.3) is 5.56 Å². The van der Waals surface area contributed by atoms with Crippen LogP contribution in [-0.2, 0) is 5.54 Å². The number of hydrogen-bond acceptors (Lipinski definition) is 5. The average molecular weight is 535 g/mol. The van der Waals surface area contributed by atoms with Gasteiger partial charge in [-0.05, 0) is 53.2 Å². The zero-order valence-corrected chi connectivity index (χ0v) is 21.7. The second kappa shape index (κ2) is 8.37. The topological polar surface area (TPSA) is 90.5 Å². The predicted molar refractivity (Wildman–Crippen MR) is 151 cm³/mol. The maximum absolute atomic E-state index is 14.7. The Morgan fingerprint density at radius 3 is 2.46 bits per heavy atom. The molecule has 4 aromatic carbocycles. The van der Waals surface area contributed by atoms with Crippen LogP contribution in [0.25, 0.3) is 21.7 Å². The molecule has 1 aromatic heterocycles. The Kier molecular flexibility index (Phi) is 5.11.